The summed E-state index contributed by atoms with van der Waals surface area (Å²) >= 11 is 5.88. The zero-order chi connectivity index (χ0) is 15.4. The number of aliphatic hydroxyl groups is 1. The molecule has 0 aliphatic rings. The van der Waals surface area contributed by atoms with E-state index in [1.807, 2.05) is 0 Å². The number of methoxy groups -OCH3 is 1. The van der Waals surface area contributed by atoms with Gasteiger partial charge < -0.3 is 14.6 Å². The van der Waals surface area contributed by atoms with E-state index in [4.69, 9.17) is 21.1 Å². The zero-order valence-electron chi connectivity index (χ0n) is 11.8. The van der Waals surface area contributed by atoms with Gasteiger partial charge in [-0.2, -0.15) is 0 Å². The molecule has 0 aliphatic heterocycles. The smallest absolute Gasteiger partial charge is 0.161 e. The Labute approximate surface area is 127 Å². The van der Waals surface area contributed by atoms with Crippen LogP contribution in [0.2, 0.25) is 5.02 Å². The number of hydrogen-bond donors (Lipinski definition) is 1. The van der Waals surface area contributed by atoms with E-state index in [9.17, 15) is 9.50 Å². The Bertz CT molecular complexity index is 629. The molecule has 2 aromatic carbocycles. The lowest BCUT2D eigenvalue weighted by Crippen LogP contribution is -2.00. The highest BCUT2D eigenvalue weighted by Crippen LogP contribution is 2.31. The highest BCUT2D eigenvalue weighted by atomic mass is 35.5. The van der Waals surface area contributed by atoms with E-state index in [2.05, 4.69) is 0 Å². The third kappa shape index (κ3) is 3.65. The van der Waals surface area contributed by atoms with Gasteiger partial charge in [-0.05, 0) is 30.7 Å². The van der Waals surface area contributed by atoms with Gasteiger partial charge in [0.25, 0.3) is 0 Å². The second kappa shape index (κ2) is 6.78. The van der Waals surface area contributed by atoms with E-state index in [0.717, 1.165) is 5.56 Å². The molecule has 5 heteroatoms. The van der Waals surface area contributed by atoms with E-state index in [1.54, 1.807) is 37.3 Å². The van der Waals surface area contributed by atoms with Crippen molar-refractivity contribution in [3.8, 4) is 11.5 Å². The van der Waals surface area contributed by atoms with Crippen molar-refractivity contribution >= 4 is 11.6 Å². The Balaban J connectivity index is 2.18. The maximum absolute atomic E-state index is 13.4. The molecule has 1 N–H and O–H groups in total. The van der Waals surface area contributed by atoms with Crippen molar-refractivity contribution in [3.05, 3.63) is 58.4 Å². The lowest BCUT2D eigenvalue weighted by Gasteiger charge is -2.14. The van der Waals surface area contributed by atoms with Crippen LogP contribution in [-0.2, 0) is 6.61 Å². The zero-order valence-corrected chi connectivity index (χ0v) is 12.5. The molecule has 0 aromatic heterocycles. The minimum absolute atomic E-state index is 0.0528. The van der Waals surface area contributed by atoms with Gasteiger partial charge >= 0.3 is 0 Å². The van der Waals surface area contributed by atoms with Crippen molar-refractivity contribution in [3.63, 3.8) is 0 Å². The molecule has 0 radical (unpaired) electrons. The van der Waals surface area contributed by atoms with Crippen molar-refractivity contribution in [2.45, 2.75) is 19.6 Å². The fourth-order valence-electron chi connectivity index (χ4n) is 1.88. The number of hydrogen-bond acceptors (Lipinski definition) is 3. The minimum Gasteiger partial charge on any atom is -0.493 e. The molecule has 0 amide bonds. The van der Waals surface area contributed by atoms with Crippen molar-refractivity contribution in [2.75, 3.05) is 7.11 Å². The fraction of sp³-hybridized carbons (Fsp3) is 0.250. The van der Waals surface area contributed by atoms with Gasteiger partial charge in [-0.3, -0.25) is 0 Å². The Morgan fingerprint density at radius 2 is 2.00 bits per heavy atom. The average Bonchev–Trinajstić information content (AvgIpc) is 2.48. The molecule has 2 aromatic rings. The maximum atomic E-state index is 13.4. The van der Waals surface area contributed by atoms with E-state index in [0.29, 0.717) is 17.1 Å². The van der Waals surface area contributed by atoms with E-state index in [-0.39, 0.29) is 11.6 Å². The molecule has 21 heavy (non-hydrogen) atoms. The van der Waals surface area contributed by atoms with Gasteiger partial charge in [-0.15, -0.1) is 0 Å². The second-order valence-corrected chi connectivity index (χ2v) is 4.97. The normalized spacial score (nSPS) is 12.0. The van der Waals surface area contributed by atoms with Crippen LogP contribution in [0.1, 0.15) is 24.2 Å². The number of rotatable bonds is 5. The van der Waals surface area contributed by atoms with E-state index < -0.39 is 11.9 Å². The number of aliphatic hydroxyl groups excluding tert-OH is 1. The van der Waals surface area contributed by atoms with Gasteiger partial charge in [-0.1, -0.05) is 29.8 Å². The summed E-state index contributed by atoms with van der Waals surface area (Å²) in [7, 11) is 1.52. The average molecular weight is 311 g/mol. The molecule has 0 unspecified atom stereocenters. The molecule has 1 atom stereocenters. The molecule has 3 nitrogen and oxygen atoms in total. The van der Waals surface area contributed by atoms with Crippen LogP contribution >= 0.6 is 11.6 Å². The molecule has 112 valence electrons. The first-order valence-corrected chi connectivity index (χ1v) is 6.82. The van der Waals surface area contributed by atoms with Gasteiger partial charge in [0, 0.05) is 5.56 Å². The van der Waals surface area contributed by atoms with E-state index in [1.165, 1.54) is 13.2 Å². The molecule has 0 fully saturated rings. The number of ether oxygens (including phenoxy) is 2. The molecule has 0 aliphatic carbocycles. The molecule has 0 heterocycles. The first-order chi connectivity index (χ1) is 10.0. The Hall–Kier alpha value is -1.78. The van der Waals surface area contributed by atoms with Crippen LogP contribution in [0.25, 0.3) is 0 Å². The lowest BCUT2D eigenvalue weighted by molar-refractivity contribution is 0.198. The monoisotopic (exact) mass is 310 g/mol. The predicted molar refractivity (Wildman–Crippen MR) is 79.4 cm³/mol. The van der Waals surface area contributed by atoms with Gasteiger partial charge in [-0.25, -0.2) is 4.39 Å². The highest BCUT2D eigenvalue weighted by molar-refractivity contribution is 6.31. The summed E-state index contributed by atoms with van der Waals surface area (Å²) in [6.07, 6.45) is -0.592. The largest absolute Gasteiger partial charge is 0.493 e. The van der Waals surface area contributed by atoms with Crippen LogP contribution in [0.15, 0.2) is 36.4 Å². The van der Waals surface area contributed by atoms with Crippen LogP contribution in [0.5, 0.6) is 11.5 Å². The van der Waals surface area contributed by atoms with Crippen LogP contribution in [0.3, 0.4) is 0 Å². The standard InChI is InChI=1S/C16H16ClFO3/c1-10(19)11-6-7-14(15(8-11)20-2)21-9-12-4-3-5-13(18)16(12)17/h3-8,10,19H,9H2,1-2H3/t10-/m0/s1. The SMILES string of the molecule is COc1cc([C@H](C)O)ccc1OCc1cccc(F)c1Cl. The first-order valence-electron chi connectivity index (χ1n) is 6.44. The minimum atomic E-state index is -0.592. The summed E-state index contributed by atoms with van der Waals surface area (Å²) in [5, 5.41) is 9.61. The molecule has 0 saturated heterocycles. The Morgan fingerprint density at radius 3 is 2.67 bits per heavy atom. The van der Waals surface area contributed by atoms with Crippen LogP contribution in [0.4, 0.5) is 4.39 Å². The topological polar surface area (TPSA) is 38.7 Å². The van der Waals surface area contributed by atoms with Crippen molar-refractivity contribution in [1.29, 1.82) is 0 Å². The van der Waals surface area contributed by atoms with Crippen molar-refractivity contribution in [1.82, 2.24) is 0 Å². The van der Waals surface area contributed by atoms with Crippen LogP contribution < -0.4 is 9.47 Å². The Morgan fingerprint density at radius 1 is 1.24 bits per heavy atom. The predicted octanol–water partition coefficient (Wildman–Crippen LogP) is 4.12. The maximum Gasteiger partial charge on any atom is 0.161 e. The van der Waals surface area contributed by atoms with Crippen LogP contribution in [-0.4, -0.2) is 12.2 Å². The number of halogens is 2. The molecule has 0 saturated carbocycles. The summed E-state index contributed by atoms with van der Waals surface area (Å²) in [6.45, 7) is 1.79. The van der Waals surface area contributed by atoms with Gasteiger partial charge in [0.2, 0.25) is 0 Å². The molecular weight excluding hydrogens is 295 g/mol. The number of benzene rings is 2. The first kappa shape index (κ1) is 15.6. The second-order valence-electron chi connectivity index (χ2n) is 4.59. The third-order valence-corrected chi connectivity index (χ3v) is 3.51. The summed E-state index contributed by atoms with van der Waals surface area (Å²) in [6, 6.07) is 9.72. The Kier molecular flexibility index (Phi) is 5.04. The van der Waals surface area contributed by atoms with Gasteiger partial charge in [0.1, 0.15) is 12.4 Å². The fourth-order valence-corrected chi connectivity index (χ4v) is 2.06. The van der Waals surface area contributed by atoms with E-state index >= 15 is 0 Å². The molecular formula is C16H16ClFO3. The summed E-state index contributed by atoms with van der Waals surface area (Å²) in [5.74, 6) is 0.525. The summed E-state index contributed by atoms with van der Waals surface area (Å²) < 4.78 is 24.2. The quantitative estimate of drug-likeness (QED) is 0.903. The van der Waals surface area contributed by atoms with Crippen LogP contribution in [0, 0.1) is 5.82 Å². The molecule has 0 bridgehead atoms. The summed E-state index contributed by atoms with van der Waals surface area (Å²) in [5.41, 5.74) is 1.28. The van der Waals surface area contributed by atoms with Gasteiger partial charge in [0.05, 0.1) is 18.2 Å². The lowest BCUT2D eigenvalue weighted by atomic mass is 10.1. The van der Waals surface area contributed by atoms with Gasteiger partial charge in [0.15, 0.2) is 11.5 Å². The summed E-state index contributed by atoms with van der Waals surface area (Å²) in [4.78, 5) is 0. The molecule has 0 spiro atoms. The third-order valence-electron chi connectivity index (χ3n) is 3.08. The van der Waals surface area contributed by atoms with Crippen molar-refractivity contribution < 1.29 is 19.0 Å². The highest BCUT2D eigenvalue weighted by Gasteiger charge is 2.11. The van der Waals surface area contributed by atoms with Crippen molar-refractivity contribution in [2.24, 2.45) is 0 Å². The molecule has 2 rings (SSSR count).